The third kappa shape index (κ3) is 3.47. The summed E-state index contributed by atoms with van der Waals surface area (Å²) in [6.07, 6.45) is 0. The van der Waals surface area contributed by atoms with E-state index < -0.39 is 5.97 Å². The van der Waals surface area contributed by atoms with Gasteiger partial charge in [-0.15, -0.1) is 0 Å². The predicted octanol–water partition coefficient (Wildman–Crippen LogP) is 1.51. The van der Waals surface area contributed by atoms with E-state index >= 15 is 0 Å². The number of nitrogens with one attached hydrogen (secondary N) is 1. The fraction of sp³-hybridized carbons (Fsp3) is 0.267. The lowest BCUT2D eigenvalue weighted by Crippen LogP contribution is -2.28. The van der Waals surface area contributed by atoms with Gasteiger partial charge in [0.05, 0.1) is 11.4 Å². The first kappa shape index (κ1) is 14.8. The molecule has 2 N–H and O–H groups in total. The zero-order valence-corrected chi connectivity index (χ0v) is 12.0. The van der Waals surface area contributed by atoms with Gasteiger partial charge in [-0.3, -0.25) is 9.48 Å². The first-order chi connectivity index (χ1) is 9.99. The maximum Gasteiger partial charge on any atom is 0.339 e. The summed E-state index contributed by atoms with van der Waals surface area (Å²) in [5.41, 5.74) is 2.06. The Morgan fingerprint density at radius 2 is 1.90 bits per heavy atom. The molecule has 6 nitrogen and oxygen atoms in total. The molecule has 0 aliphatic carbocycles. The van der Waals surface area contributed by atoms with Crippen molar-refractivity contribution in [1.82, 2.24) is 15.1 Å². The van der Waals surface area contributed by atoms with Crippen LogP contribution < -0.4 is 5.32 Å². The van der Waals surface area contributed by atoms with Gasteiger partial charge in [0.25, 0.3) is 0 Å². The lowest BCUT2D eigenvalue weighted by atomic mass is 10.2. The summed E-state index contributed by atoms with van der Waals surface area (Å²) in [5, 5.41) is 16.0. The minimum Gasteiger partial charge on any atom is -0.478 e. The molecular formula is C15H17N3O3. The molecule has 0 saturated carbocycles. The highest BCUT2D eigenvalue weighted by Crippen LogP contribution is 2.12. The van der Waals surface area contributed by atoms with E-state index in [9.17, 15) is 9.59 Å². The number of hydrogen-bond acceptors (Lipinski definition) is 3. The van der Waals surface area contributed by atoms with E-state index in [2.05, 4.69) is 10.4 Å². The molecule has 110 valence electrons. The van der Waals surface area contributed by atoms with E-state index in [-0.39, 0.29) is 18.0 Å². The van der Waals surface area contributed by atoms with Crippen LogP contribution in [0, 0.1) is 13.8 Å². The van der Waals surface area contributed by atoms with Crippen molar-refractivity contribution in [2.75, 3.05) is 0 Å². The Kier molecular flexibility index (Phi) is 4.37. The highest BCUT2D eigenvalue weighted by molar-refractivity contribution is 5.90. The third-order valence-corrected chi connectivity index (χ3v) is 3.22. The normalized spacial score (nSPS) is 10.4. The number of carbonyl (C=O) groups excluding carboxylic acids is 1. The smallest absolute Gasteiger partial charge is 0.339 e. The molecule has 0 aliphatic rings. The summed E-state index contributed by atoms with van der Waals surface area (Å²) in [7, 11) is 0. The molecule has 0 radical (unpaired) electrons. The predicted molar refractivity (Wildman–Crippen MR) is 76.9 cm³/mol. The summed E-state index contributed by atoms with van der Waals surface area (Å²) in [6, 6.07) is 9.57. The van der Waals surface area contributed by atoms with Crippen molar-refractivity contribution in [3.8, 4) is 0 Å². The minimum atomic E-state index is -1.03. The number of aromatic carboxylic acids is 1. The second-order valence-electron chi connectivity index (χ2n) is 4.77. The third-order valence-electron chi connectivity index (χ3n) is 3.22. The maximum absolute atomic E-state index is 11.9. The van der Waals surface area contributed by atoms with Crippen LogP contribution >= 0.6 is 0 Å². The van der Waals surface area contributed by atoms with E-state index in [0.29, 0.717) is 17.9 Å². The van der Waals surface area contributed by atoms with Crippen LogP contribution in [-0.4, -0.2) is 26.8 Å². The zero-order valence-electron chi connectivity index (χ0n) is 12.0. The zero-order chi connectivity index (χ0) is 15.4. The number of carboxylic acids is 1. The van der Waals surface area contributed by atoms with Gasteiger partial charge in [-0.25, -0.2) is 4.79 Å². The van der Waals surface area contributed by atoms with Gasteiger partial charge in [0, 0.05) is 6.54 Å². The molecule has 1 heterocycles. The van der Waals surface area contributed by atoms with Crippen molar-refractivity contribution in [2.24, 2.45) is 0 Å². The van der Waals surface area contributed by atoms with Gasteiger partial charge in [0.1, 0.15) is 12.1 Å². The monoisotopic (exact) mass is 287 g/mol. The van der Waals surface area contributed by atoms with Gasteiger partial charge in [0.2, 0.25) is 5.91 Å². The van der Waals surface area contributed by atoms with E-state index in [1.807, 2.05) is 30.3 Å². The molecule has 0 unspecified atom stereocenters. The van der Waals surface area contributed by atoms with Gasteiger partial charge in [-0.1, -0.05) is 30.3 Å². The number of amides is 1. The lowest BCUT2D eigenvalue weighted by molar-refractivity contribution is -0.122. The fourth-order valence-corrected chi connectivity index (χ4v) is 2.15. The van der Waals surface area contributed by atoms with Gasteiger partial charge >= 0.3 is 5.97 Å². The molecular weight excluding hydrogens is 270 g/mol. The molecule has 0 bridgehead atoms. The molecule has 0 fully saturated rings. The van der Waals surface area contributed by atoms with Gasteiger partial charge in [-0.2, -0.15) is 5.10 Å². The second-order valence-corrected chi connectivity index (χ2v) is 4.77. The highest BCUT2D eigenvalue weighted by atomic mass is 16.4. The average molecular weight is 287 g/mol. The largest absolute Gasteiger partial charge is 0.478 e. The number of nitrogens with zero attached hydrogens (tertiary/aromatic N) is 2. The topological polar surface area (TPSA) is 84.2 Å². The maximum atomic E-state index is 11.9. The van der Waals surface area contributed by atoms with Crippen molar-refractivity contribution >= 4 is 11.9 Å². The summed E-state index contributed by atoms with van der Waals surface area (Å²) in [4.78, 5) is 23.0. The molecule has 2 rings (SSSR count). The standard InChI is InChI=1S/C15H17N3O3/c1-10-14(15(20)21)11(2)18(17-10)9-13(19)16-8-12-6-4-3-5-7-12/h3-7H,8-9H2,1-2H3,(H,16,19)(H,20,21). The number of carboxylic acid groups (broad SMARTS) is 1. The van der Waals surface area contributed by atoms with E-state index in [4.69, 9.17) is 5.11 Å². The van der Waals surface area contributed by atoms with Crippen LogP contribution in [0.5, 0.6) is 0 Å². The Balaban J connectivity index is 2.00. The molecule has 1 aromatic heterocycles. The van der Waals surface area contributed by atoms with Crippen molar-refractivity contribution in [3.05, 3.63) is 52.8 Å². The molecule has 2 aromatic rings. The number of benzene rings is 1. The van der Waals surface area contributed by atoms with Crippen molar-refractivity contribution in [3.63, 3.8) is 0 Å². The van der Waals surface area contributed by atoms with E-state index in [1.165, 1.54) is 4.68 Å². The van der Waals surface area contributed by atoms with Gasteiger partial charge in [0.15, 0.2) is 0 Å². The molecule has 0 atom stereocenters. The molecule has 0 aliphatic heterocycles. The van der Waals surface area contributed by atoms with E-state index in [0.717, 1.165) is 5.56 Å². The Morgan fingerprint density at radius 1 is 1.24 bits per heavy atom. The summed E-state index contributed by atoms with van der Waals surface area (Å²) < 4.78 is 1.42. The molecule has 0 saturated heterocycles. The molecule has 0 spiro atoms. The summed E-state index contributed by atoms with van der Waals surface area (Å²) in [5.74, 6) is -1.23. The van der Waals surface area contributed by atoms with Crippen LogP contribution in [0.1, 0.15) is 27.3 Å². The number of aryl methyl sites for hydroxylation is 1. The van der Waals surface area contributed by atoms with Gasteiger partial charge in [-0.05, 0) is 19.4 Å². The van der Waals surface area contributed by atoms with Crippen LogP contribution in [0.2, 0.25) is 0 Å². The first-order valence-electron chi connectivity index (χ1n) is 6.57. The van der Waals surface area contributed by atoms with Crippen molar-refractivity contribution < 1.29 is 14.7 Å². The second kappa shape index (κ2) is 6.21. The first-order valence-corrected chi connectivity index (χ1v) is 6.57. The highest BCUT2D eigenvalue weighted by Gasteiger charge is 2.18. The Labute approximate surface area is 122 Å². The number of rotatable bonds is 5. The minimum absolute atomic E-state index is 0.00673. The van der Waals surface area contributed by atoms with Crippen LogP contribution in [0.3, 0.4) is 0 Å². The Hall–Kier alpha value is -2.63. The van der Waals surface area contributed by atoms with Gasteiger partial charge < -0.3 is 10.4 Å². The fourth-order valence-electron chi connectivity index (χ4n) is 2.15. The Morgan fingerprint density at radius 3 is 2.48 bits per heavy atom. The molecule has 1 amide bonds. The summed E-state index contributed by atoms with van der Waals surface area (Å²) >= 11 is 0. The van der Waals surface area contributed by atoms with Crippen LogP contribution in [0.4, 0.5) is 0 Å². The molecule has 1 aromatic carbocycles. The number of carbonyl (C=O) groups is 2. The van der Waals surface area contributed by atoms with Crippen LogP contribution in [0.15, 0.2) is 30.3 Å². The van der Waals surface area contributed by atoms with Crippen molar-refractivity contribution in [2.45, 2.75) is 26.9 Å². The van der Waals surface area contributed by atoms with E-state index in [1.54, 1.807) is 13.8 Å². The molecule has 21 heavy (non-hydrogen) atoms. The summed E-state index contributed by atoms with van der Waals surface area (Å²) in [6.45, 7) is 3.71. The quantitative estimate of drug-likeness (QED) is 0.873. The average Bonchev–Trinajstić information content (AvgIpc) is 2.72. The Bertz CT molecular complexity index is 662. The van der Waals surface area contributed by atoms with Crippen molar-refractivity contribution in [1.29, 1.82) is 0 Å². The SMILES string of the molecule is Cc1nn(CC(=O)NCc2ccccc2)c(C)c1C(=O)O. The number of hydrogen-bond donors (Lipinski definition) is 2. The lowest BCUT2D eigenvalue weighted by Gasteiger charge is -2.07. The number of aromatic nitrogens is 2. The molecule has 6 heteroatoms. The van der Waals surface area contributed by atoms with Crippen LogP contribution in [-0.2, 0) is 17.9 Å². The van der Waals surface area contributed by atoms with Crippen LogP contribution in [0.25, 0.3) is 0 Å².